The largest absolute Gasteiger partial charge is 0.493 e. The van der Waals surface area contributed by atoms with Crippen molar-refractivity contribution in [2.45, 2.75) is 31.6 Å². The SMILES string of the molecule is COc1ccc(-c2cc(C3=C(c4cc(-c5ccc(OC)c(OC)c5)sc4C)C(F)(F)C(F)(F)C3(F)F)c(C)s2)cc1OC. The lowest BCUT2D eigenvalue weighted by molar-refractivity contribution is -0.254. The molecule has 228 valence electrons. The summed E-state index contributed by atoms with van der Waals surface area (Å²) in [6, 6.07) is 12.2. The highest BCUT2D eigenvalue weighted by atomic mass is 32.1. The van der Waals surface area contributed by atoms with Gasteiger partial charge in [-0.1, -0.05) is 0 Å². The highest BCUT2D eigenvalue weighted by molar-refractivity contribution is 7.16. The zero-order chi connectivity index (χ0) is 31.5. The predicted molar refractivity (Wildman–Crippen MR) is 157 cm³/mol. The van der Waals surface area contributed by atoms with E-state index in [-0.39, 0.29) is 20.9 Å². The highest BCUT2D eigenvalue weighted by Gasteiger charge is 2.80. The van der Waals surface area contributed by atoms with Gasteiger partial charge in [-0.15, -0.1) is 22.7 Å². The van der Waals surface area contributed by atoms with E-state index in [1.807, 2.05) is 0 Å². The van der Waals surface area contributed by atoms with E-state index >= 15 is 26.3 Å². The summed E-state index contributed by atoms with van der Waals surface area (Å²) in [5, 5.41) is 0. The van der Waals surface area contributed by atoms with E-state index < -0.39 is 28.9 Å². The van der Waals surface area contributed by atoms with Crippen LogP contribution in [0.1, 0.15) is 20.9 Å². The Morgan fingerprint density at radius 2 is 0.860 bits per heavy atom. The number of hydrogen-bond acceptors (Lipinski definition) is 6. The van der Waals surface area contributed by atoms with Crippen molar-refractivity contribution in [3.05, 3.63) is 69.4 Å². The quantitative estimate of drug-likeness (QED) is 0.180. The molecule has 43 heavy (non-hydrogen) atoms. The highest BCUT2D eigenvalue weighted by Crippen LogP contribution is 2.66. The van der Waals surface area contributed by atoms with Gasteiger partial charge >= 0.3 is 17.8 Å². The topological polar surface area (TPSA) is 36.9 Å². The van der Waals surface area contributed by atoms with E-state index in [0.717, 1.165) is 22.7 Å². The van der Waals surface area contributed by atoms with Crippen LogP contribution in [0.25, 0.3) is 32.0 Å². The lowest BCUT2D eigenvalue weighted by atomic mass is 9.94. The fourth-order valence-corrected chi connectivity index (χ4v) is 7.20. The number of benzene rings is 2. The van der Waals surface area contributed by atoms with Gasteiger partial charge in [-0.25, -0.2) is 0 Å². The molecule has 0 unspecified atom stereocenters. The molecule has 0 fully saturated rings. The van der Waals surface area contributed by atoms with Crippen molar-refractivity contribution in [3.63, 3.8) is 0 Å². The number of thiophene rings is 2. The second kappa shape index (κ2) is 10.8. The summed E-state index contributed by atoms with van der Waals surface area (Å²) in [6.07, 6.45) is 0. The first-order valence-electron chi connectivity index (χ1n) is 12.8. The summed E-state index contributed by atoms with van der Waals surface area (Å²) in [7, 11) is 5.74. The third-order valence-corrected chi connectivity index (χ3v) is 9.58. The number of halogens is 6. The van der Waals surface area contributed by atoms with E-state index in [1.54, 1.807) is 36.4 Å². The number of ether oxygens (including phenoxy) is 4. The molecular weight excluding hydrogens is 614 g/mol. The van der Waals surface area contributed by atoms with Gasteiger partial charge < -0.3 is 18.9 Å². The van der Waals surface area contributed by atoms with Gasteiger partial charge in [0, 0.05) is 30.7 Å². The van der Waals surface area contributed by atoms with Crippen LogP contribution >= 0.6 is 22.7 Å². The van der Waals surface area contributed by atoms with Gasteiger partial charge in [0.2, 0.25) is 0 Å². The minimum absolute atomic E-state index is 0.179. The Hall–Kier alpha value is -3.64. The summed E-state index contributed by atoms with van der Waals surface area (Å²) in [5.74, 6) is -14.4. The first kappa shape index (κ1) is 30.8. The first-order chi connectivity index (χ1) is 20.2. The third kappa shape index (κ3) is 4.66. The molecule has 0 spiro atoms. The molecule has 0 atom stereocenters. The van der Waals surface area contributed by atoms with Crippen LogP contribution in [-0.2, 0) is 0 Å². The monoisotopic (exact) mass is 640 g/mol. The summed E-state index contributed by atoms with van der Waals surface area (Å²) in [5.41, 5.74) is -2.48. The van der Waals surface area contributed by atoms with Crippen LogP contribution in [0.2, 0.25) is 0 Å². The number of aryl methyl sites for hydroxylation is 2. The second-order valence-electron chi connectivity index (χ2n) is 9.77. The Morgan fingerprint density at radius 1 is 0.512 bits per heavy atom. The van der Waals surface area contributed by atoms with Crippen molar-refractivity contribution in [2.75, 3.05) is 28.4 Å². The molecule has 0 saturated heterocycles. The summed E-state index contributed by atoms with van der Waals surface area (Å²) >= 11 is 2.04. The van der Waals surface area contributed by atoms with Crippen molar-refractivity contribution in [3.8, 4) is 43.9 Å². The maximum absolute atomic E-state index is 15.6. The van der Waals surface area contributed by atoms with Crippen LogP contribution < -0.4 is 18.9 Å². The van der Waals surface area contributed by atoms with Gasteiger partial charge in [-0.05, 0) is 84.6 Å². The van der Waals surface area contributed by atoms with Crippen LogP contribution in [0.15, 0.2) is 48.5 Å². The molecule has 0 amide bonds. The molecule has 0 saturated carbocycles. The molecule has 1 aliphatic carbocycles. The zero-order valence-corrected chi connectivity index (χ0v) is 25.5. The molecule has 4 nitrogen and oxygen atoms in total. The molecule has 0 radical (unpaired) electrons. The maximum atomic E-state index is 15.6. The lowest BCUT2D eigenvalue weighted by Gasteiger charge is -2.25. The molecule has 12 heteroatoms. The Balaban J connectivity index is 1.73. The van der Waals surface area contributed by atoms with Crippen LogP contribution in [-0.4, -0.2) is 46.2 Å². The fourth-order valence-electron chi connectivity index (χ4n) is 5.16. The molecule has 0 N–H and O–H groups in total. The van der Waals surface area contributed by atoms with E-state index in [2.05, 4.69) is 0 Å². The average molecular weight is 641 g/mol. The van der Waals surface area contributed by atoms with Gasteiger partial charge in [0.05, 0.1) is 28.4 Å². The Kier molecular flexibility index (Phi) is 7.75. The second-order valence-corrected chi connectivity index (χ2v) is 12.3. The van der Waals surface area contributed by atoms with Crippen molar-refractivity contribution in [1.29, 1.82) is 0 Å². The van der Waals surface area contributed by atoms with Gasteiger partial charge in [0.15, 0.2) is 23.0 Å². The number of allylic oxidation sites excluding steroid dienone is 2. The van der Waals surface area contributed by atoms with Crippen molar-refractivity contribution < 1.29 is 45.3 Å². The van der Waals surface area contributed by atoms with Gasteiger partial charge in [0.25, 0.3) is 0 Å². The maximum Gasteiger partial charge on any atom is 0.380 e. The molecule has 4 aromatic rings. The Labute approximate surface area is 252 Å². The Morgan fingerprint density at radius 3 is 1.19 bits per heavy atom. The van der Waals surface area contributed by atoms with Gasteiger partial charge in [-0.3, -0.25) is 0 Å². The van der Waals surface area contributed by atoms with E-state index in [1.165, 1.54) is 54.4 Å². The fraction of sp³-hybridized carbons (Fsp3) is 0.290. The van der Waals surface area contributed by atoms with Crippen LogP contribution in [0, 0.1) is 13.8 Å². The van der Waals surface area contributed by atoms with Crippen LogP contribution in [0.3, 0.4) is 0 Å². The molecule has 2 aromatic carbocycles. The average Bonchev–Trinajstić information content (AvgIpc) is 3.58. The first-order valence-corrected chi connectivity index (χ1v) is 14.4. The molecule has 2 aromatic heterocycles. The third-order valence-electron chi connectivity index (χ3n) is 7.38. The molecular formula is C31H26F6O4S2. The van der Waals surface area contributed by atoms with Gasteiger partial charge in [-0.2, -0.15) is 26.3 Å². The van der Waals surface area contributed by atoms with E-state index in [0.29, 0.717) is 43.9 Å². The molecule has 5 rings (SSSR count). The number of alkyl halides is 6. The number of rotatable bonds is 8. The minimum Gasteiger partial charge on any atom is -0.493 e. The number of methoxy groups -OCH3 is 4. The summed E-state index contributed by atoms with van der Waals surface area (Å²) < 4.78 is 114. The normalized spacial score (nSPS) is 16.8. The molecule has 2 heterocycles. The molecule has 1 aliphatic rings. The minimum atomic E-state index is -5.67. The molecule has 0 bridgehead atoms. The lowest BCUT2D eigenvalue weighted by Crippen LogP contribution is -2.48. The Bertz CT molecular complexity index is 1610. The molecule has 0 aliphatic heterocycles. The number of hydrogen-bond donors (Lipinski definition) is 0. The van der Waals surface area contributed by atoms with Crippen LogP contribution in [0.5, 0.6) is 23.0 Å². The van der Waals surface area contributed by atoms with E-state index in [9.17, 15) is 0 Å². The smallest absolute Gasteiger partial charge is 0.380 e. The van der Waals surface area contributed by atoms with Crippen molar-refractivity contribution in [1.82, 2.24) is 0 Å². The van der Waals surface area contributed by atoms with Gasteiger partial charge in [0.1, 0.15) is 0 Å². The predicted octanol–water partition coefficient (Wildman–Crippen LogP) is 9.63. The van der Waals surface area contributed by atoms with E-state index in [4.69, 9.17) is 18.9 Å². The van der Waals surface area contributed by atoms with Crippen LogP contribution in [0.4, 0.5) is 26.3 Å². The summed E-state index contributed by atoms with van der Waals surface area (Å²) in [4.78, 5) is 1.17. The standard InChI is InChI=1S/C31H26F6O4S2/c1-15-19(13-25(42-15)17-7-9-21(38-3)23(11-17)40-5)27-28(30(34,35)31(36,37)29(27,32)33)20-14-26(43-16(20)2)18-8-10-22(39-4)24(12-18)41-6/h7-14H,1-6H3. The van der Waals surface area contributed by atoms with Crippen molar-refractivity contribution >= 4 is 33.8 Å². The summed E-state index contributed by atoms with van der Waals surface area (Å²) in [6.45, 7) is 2.88. The van der Waals surface area contributed by atoms with Crippen molar-refractivity contribution in [2.24, 2.45) is 0 Å². The zero-order valence-electron chi connectivity index (χ0n) is 23.8.